The molecular weight excluding hydrogens is 228 g/mol. The molecule has 1 saturated heterocycles. The largest absolute Gasteiger partial charge is 0.479 e. The molecule has 0 aromatic rings. The Morgan fingerprint density at radius 2 is 1.82 bits per heavy atom. The lowest BCUT2D eigenvalue weighted by atomic mass is 9.94. The third-order valence-corrected chi connectivity index (χ3v) is 3.44. The Bertz CT molecular complexity index is 442. The van der Waals surface area contributed by atoms with E-state index in [0.717, 1.165) is 7.05 Å². The molecule has 1 aliphatic heterocycles. The van der Waals surface area contributed by atoms with Crippen LogP contribution in [0, 0.1) is 5.92 Å². The van der Waals surface area contributed by atoms with E-state index in [1.54, 1.807) is 0 Å². The summed E-state index contributed by atoms with van der Waals surface area (Å²) in [7, 11) is 1.16. The predicted octanol–water partition coefficient (Wildman–Crippen LogP) is -0.340. The molecule has 0 aromatic carbocycles. The molecule has 1 atom stereocenters. The fourth-order valence-electron chi connectivity index (χ4n) is 2.07. The normalized spacial score (nSPS) is 24.2. The molecule has 1 N–H and O–H groups in total. The Morgan fingerprint density at radius 1 is 1.29 bits per heavy atom. The highest BCUT2D eigenvalue weighted by Crippen LogP contribution is 2.44. The van der Waals surface area contributed by atoms with Crippen molar-refractivity contribution in [2.45, 2.75) is 25.3 Å². The number of carboxylic acid groups (broad SMARTS) is 1. The average molecular weight is 240 g/mol. The molecule has 2 rings (SSSR count). The van der Waals surface area contributed by atoms with E-state index in [-0.39, 0.29) is 5.92 Å². The molecule has 1 unspecified atom stereocenters. The SMILES string of the molecule is CN1C(=O)C(=O)N(C(C)(C(=O)O)C2CC2)C1=O. The van der Waals surface area contributed by atoms with Gasteiger partial charge in [0, 0.05) is 7.05 Å². The summed E-state index contributed by atoms with van der Waals surface area (Å²) >= 11 is 0. The van der Waals surface area contributed by atoms with E-state index in [2.05, 4.69) is 0 Å². The molecule has 2 fully saturated rings. The van der Waals surface area contributed by atoms with Gasteiger partial charge in [0.15, 0.2) is 0 Å². The van der Waals surface area contributed by atoms with Crippen LogP contribution in [0.5, 0.6) is 0 Å². The topological polar surface area (TPSA) is 95.0 Å². The van der Waals surface area contributed by atoms with E-state index in [9.17, 15) is 24.3 Å². The first-order valence-electron chi connectivity index (χ1n) is 5.21. The molecule has 0 spiro atoms. The zero-order valence-corrected chi connectivity index (χ0v) is 9.47. The number of imide groups is 2. The molecule has 0 bridgehead atoms. The summed E-state index contributed by atoms with van der Waals surface area (Å²) < 4.78 is 0. The van der Waals surface area contributed by atoms with Crippen molar-refractivity contribution < 1.29 is 24.3 Å². The standard InChI is InChI=1S/C10H12N2O5/c1-10(8(15)16,5-3-4-5)12-7(14)6(13)11(2)9(12)17/h5H,3-4H2,1-2H3,(H,15,16). The summed E-state index contributed by atoms with van der Waals surface area (Å²) in [6, 6.07) is -0.864. The van der Waals surface area contributed by atoms with Crippen LogP contribution in [-0.2, 0) is 14.4 Å². The number of amides is 4. The minimum atomic E-state index is -1.62. The number of likely N-dealkylation sites (N-methyl/N-ethyl adjacent to an activating group) is 1. The highest BCUT2D eigenvalue weighted by Gasteiger charge is 2.60. The molecule has 7 heteroatoms. The molecule has 17 heavy (non-hydrogen) atoms. The minimum absolute atomic E-state index is 0.271. The molecule has 7 nitrogen and oxygen atoms in total. The molecule has 1 saturated carbocycles. The number of hydrogen-bond acceptors (Lipinski definition) is 4. The zero-order chi connectivity index (χ0) is 13.0. The van der Waals surface area contributed by atoms with Crippen LogP contribution >= 0.6 is 0 Å². The van der Waals surface area contributed by atoms with Crippen LogP contribution < -0.4 is 0 Å². The van der Waals surface area contributed by atoms with E-state index >= 15 is 0 Å². The molecule has 4 amide bonds. The summed E-state index contributed by atoms with van der Waals surface area (Å²) in [6.45, 7) is 1.31. The van der Waals surface area contributed by atoms with E-state index < -0.39 is 29.4 Å². The number of carbonyl (C=O) groups is 4. The number of aliphatic carboxylic acids is 1. The fourth-order valence-corrected chi connectivity index (χ4v) is 2.07. The van der Waals surface area contributed by atoms with Crippen LogP contribution in [0.1, 0.15) is 19.8 Å². The Morgan fingerprint density at radius 3 is 2.12 bits per heavy atom. The minimum Gasteiger partial charge on any atom is -0.479 e. The number of carbonyl (C=O) groups excluding carboxylic acids is 3. The van der Waals surface area contributed by atoms with Gasteiger partial charge in [-0.1, -0.05) is 0 Å². The summed E-state index contributed by atoms with van der Waals surface area (Å²) in [5.41, 5.74) is -1.62. The van der Waals surface area contributed by atoms with Crippen molar-refractivity contribution in [2.75, 3.05) is 7.05 Å². The Balaban J connectivity index is 2.45. The summed E-state index contributed by atoms with van der Waals surface area (Å²) in [5, 5.41) is 9.24. The van der Waals surface area contributed by atoms with Crippen molar-refractivity contribution in [1.82, 2.24) is 9.80 Å². The van der Waals surface area contributed by atoms with Gasteiger partial charge in [0.25, 0.3) is 0 Å². The number of rotatable bonds is 3. The maximum absolute atomic E-state index is 11.8. The Hall–Kier alpha value is -1.92. The molecule has 0 radical (unpaired) electrons. The fraction of sp³-hybridized carbons (Fsp3) is 0.600. The third kappa shape index (κ3) is 1.35. The summed E-state index contributed by atoms with van der Waals surface area (Å²) in [5.74, 6) is -3.57. The maximum atomic E-state index is 11.8. The highest BCUT2D eigenvalue weighted by atomic mass is 16.4. The second kappa shape index (κ2) is 3.28. The van der Waals surface area contributed by atoms with Crippen molar-refractivity contribution in [3.05, 3.63) is 0 Å². The quantitative estimate of drug-likeness (QED) is 0.538. The van der Waals surface area contributed by atoms with Crippen molar-refractivity contribution >= 4 is 23.8 Å². The average Bonchev–Trinajstić information content (AvgIpc) is 3.07. The number of nitrogens with zero attached hydrogens (tertiary/aromatic N) is 2. The van der Waals surface area contributed by atoms with Crippen LogP contribution in [0.2, 0.25) is 0 Å². The van der Waals surface area contributed by atoms with Crippen molar-refractivity contribution in [3.8, 4) is 0 Å². The molecular formula is C10H12N2O5. The number of carboxylic acids is 1. The number of urea groups is 1. The third-order valence-electron chi connectivity index (χ3n) is 3.44. The van der Waals surface area contributed by atoms with E-state index in [4.69, 9.17) is 0 Å². The van der Waals surface area contributed by atoms with E-state index in [1.807, 2.05) is 0 Å². The van der Waals surface area contributed by atoms with Gasteiger partial charge >= 0.3 is 23.8 Å². The summed E-state index contributed by atoms with van der Waals surface area (Å²) in [6.07, 6.45) is 1.27. The maximum Gasteiger partial charge on any atom is 0.334 e. The van der Waals surface area contributed by atoms with Gasteiger partial charge in [-0.05, 0) is 25.7 Å². The van der Waals surface area contributed by atoms with Gasteiger partial charge in [-0.2, -0.15) is 0 Å². The van der Waals surface area contributed by atoms with Gasteiger partial charge < -0.3 is 5.11 Å². The summed E-state index contributed by atoms with van der Waals surface area (Å²) in [4.78, 5) is 47.3. The van der Waals surface area contributed by atoms with Gasteiger partial charge in [-0.25, -0.2) is 14.5 Å². The van der Waals surface area contributed by atoms with E-state index in [0.29, 0.717) is 22.6 Å². The van der Waals surface area contributed by atoms with Crippen LogP contribution in [0.4, 0.5) is 4.79 Å². The van der Waals surface area contributed by atoms with Crippen LogP contribution in [0.3, 0.4) is 0 Å². The lowest BCUT2D eigenvalue weighted by Gasteiger charge is -2.32. The first kappa shape index (κ1) is 11.6. The monoisotopic (exact) mass is 240 g/mol. The van der Waals surface area contributed by atoms with Gasteiger partial charge in [-0.15, -0.1) is 0 Å². The first-order valence-corrected chi connectivity index (χ1v) is 5.21. The first-order chi connectivity index (χ1) is 7.81. The molecule has 1 heterocycles. The zero-order valence-electron chi connectivity index (χ0n) is 9.47. The van der Waals surface area contributed by atoms with Crippen molar-refractivity contribution in [3.63, 3.8) is 0 Å². The van der Waals surface area contributed by atoms with Crippen molar-refractivity contribution in [1.29, 1.82) is 0 Å². The lowest BCUT2D eigenvalue weighted by Crippen LogP contribution is -2.57. The molecule has 92 valence electrons. The van der Waals surface area contributed by atoms with Gasteiger partial charge in [0.1, 0.15) is 5.54 Å². The van der Waals surface area contributed by atoms with Crippen molar-refractivity contribution in [2.24, 2.45) is 5.92 Å². The highest BCUT2D eigenvalue weighted by molar-refractivity contribution is 6.45. The Kier molecular flexibility index (Phi) is 2.23. The number of hydrogen-bond donors (Lipinski definition) is 1. The molecule has 0 aromatic heterocycles. The second-order valence-electron chi connectivity index (χ2n) is 4.51. The van der Waals surface area contributed by atoms with Crippen LogP contribution in [0.15, 0.2) is 0 Å². The van der Waals surface area contributed by atoms with E-state index in [1.165, 1.54) is 6.92 Å². The Labute approximate surface area is 97.0 Å². The molecule has 1 aliphatic carbocycles. The smallest absolute Gasteiger partial charge is 0.334 e. The second-order valence-corrected chi connectivity index (χ2v) is 4.51. The van der Waals surface area contributed by atoms with Gasteiger partial charge in [0.05, 0.1) is 0 Å². The van der Waals surface area contributed by atoms with Gasteiger partial charge in [0.2, 0.25) is 0 Å². The predicted molar refractivity (Wildman–Crippen MR) is 53.8 cm³/mol. The van der Waals surface area contributed by atoms with Crippen LogP contribution in [-0.4, -0.2) is 51.3 Å². The molecule has 2 aliphatic rings. The lowest BCUT2D eigenvalue weighted by molar-refractivity contribution is -0.156. The van der Waals surface area contributed by atoms with Crippen LogP contribution in [0.25, 0.3) is 0 Å². The van der Waals surface area contributed by atoms with Gasteiger partial charge in [-0.3, -0.25) is 14.5 Å².